The molecule has 0 radical (unpaired) electrons. The summed E-state index contributed by atoms with van der Waals surface area (Å²) in [5.41, 5.74) is 0.752. The summed E-state index contributed by atoms with van der Waals surface area (Å²) in [7, 11) is 1.26. The van der Waals surface area contributed by atoms with Gasteiger partial charge in [0, 0.05) is 12.0 Å². The first-order chi connectivity index (χ1) is 10.1. The second kappa shape index (κ2) is 6.48. The Morgan fingerprint density at radius 2 is 1.86 bits per heavy atom. The fourth-order valence-electron chi connectivity index (χ4n) is 2.40. The van der Waals surface area contributed by atoms with Crippen LogP contribution in [0.3, 0.4) is 0 Å². The molecular weight excluding hydrogens is 274 g/mol. The summed E-state index contributed by atoms with van der Waals surface area (Å²) >= 11 is 0. The second-order valence-corrected chi connectivity index (χ2v) is 4.70. The molecule has 21 heavy (non-hydrogen) atoms. The van der Waals surface area contributed by atoms with Crippen molar-refractivity contribution < 1.29 is 18.3 Å². The first-order valence-corrected chi connectivity index (χ1v) is 6.70. The molecule has 1 unspecified atom stereocenters. The minimum Gasteiger partial charge on any atom is -0.493 e. The van der Waals surface area contributed by atoms with Crippen LogP contribution in [0.5, 0.6) is 5.75 Å². The molecule has 0 aliphatic carbocycles. The summed E-state index contributed by atoms with van der Waals surface area (Å²) in [6, 6.07) is 10.9. The lowest BCUT2D eigenvalue weighted by atomic mass is 9.88. The van der Waals surface area contributed by atoms with Gasteiger partial charge >= 0.3 is 0 Å². The minimum atomic E-state index is -0.872. The summed E-state index contributed by atoms with van der Waals surface area (Å²) in [6.07, 6.45) is 0.532. The zero-order valence-corrected chi connectivity index (χ0v) is 11.9. The number of halogens is 2. The van der Waals surface area contributed by atoms with Gasteiger partial charge in [-0.05, 0) is 18.1 Å². The third kappa shape index (κ3) is 3.10. The van der Waals surface area contributed by atoms with Crippen molar-refractivity contribution in [2.75, 3.05) is 7.11 Å². The number of rotatable bonds is 5. The number of carbonyl (C=O) groups is 1. The van der Waals surface area contributed by atoms with Crippen molar-refractivity contribution in [1.82, 2.24) is 0 Å². The van der Waals surface area contributed by atoms with Gasteiger partial charge in [-0.25, -0.2) is 8.78 Å². The van der Waals surface area contributed by atoms with E-state index in [-0.39, 0.29) is 17.1 Å². The summed E-state index contributed by atoms with van der Waals surface area (Å²) in [5, 5.41) is 0. The van der Waals surface area contributed by atoms with Crippen LogP contribution in [0.2, 0.25) is 0 Å². The van der Waals surface area contributed by atoms with E-state index in [0.717, 1.165) is 11.6 Å². The Morgan fingerprint density at radius 1 is 1.19 bits per heavy atom. The van der Waals surface area contributed by atoms with Crippen LogP contribution in [0.4, 0.5) is 8.78 Å². The molecule has 0 bridgehead atoms. The average molecular weight is 290 g/mol. The van der Waals surface area contributed by atoms with Crippen LogP contribution in [0.1, 0.15) is 35.2 Å². The lowest BCUT2D eigenvalue weighted by Crippen LogP contribution is -2.14. The van der Waals surface area contributed by atoms with Gasteiger partial charge < -0.3 is 4.74 Å². The number of benzene rings is 2. The highest BCUT2D eigenvalue weighted by Gasteiger charge is 2.25. The van der Waals surface area contributed by atoms with Gasteiger partial charge in [-0.2, -0.15) is 0 Å². The molecule has 2 rings (SSSR count). The molecule has 0 heterocycles. The predicted molar refractivity (Wildman–Crippen MR) is 76.7 cm³/mol. The Morgan fingerprint density at radius 3 is 2.43 bits per heavy atom. The molecule has 0 saturated carbocycles. The highest BCUT2D eigenvalue weighted by Crippen LogP contribution is 2.31. The van der Waals surface area contributed by atoms with Crippen LogP contribution in [0, 0.1) is 11.6 Å². The van der Waals surface area contributed by atoms with Crippen molar-refractivity contribution in [1.29, 1.82) is 0 Å². The Bertz CT molecular complexity index is 639. The molecule has 110 valence electrons. The third-order valence-corrected chi connectivity index (χ3v) is 3.40. The van der Waals surface area contributed by atoms with E-state index in [1.165, 1.54) is 7.11 Å². The van der Waals surface area contributed by atoms with E-state index in [2.05, 4.69) is 0 Å². The number of ether oxygens (including phenoxy) is 1. The molecule has 2 nitrogen and oxygen atoms in total. The molecule has 0 aromatic heterocycles. The van der Waals surface area contributed by atoms with Gasteiger partial charge in [0.25, 0.3) is 0 Å². The smallest absolute Gasteiger partial charge is 0.174 e. The molecule has 0 N–H and O–H groups in total. The molecule has 0 aliphatic rings. The van der Waals surface area contributed by atoms with Crippen molar-refractivity contribution in [3.8, 4) is 5.75 Å². The fourth-order valence-corrected chi connectivity index (χ4v) is 2.40. The van der Waals surface area contributed by atoms with Crippen molar-refractivity contribution in [3.63, 3.8) is 0 Å². The normalized spacial score (nSPS) is 12.0. The van der Waals surface area contributed by atoms with Crippen LogP contribution >= 0.6 is 0 Å². The molecule has 2 aromatic rings. The molecule has 0 fully saturated rings. The lowest BCUT2D eigenvalue weighted by Gasteiger charge is -2.16. The molecule has 0 saturated heterocycles. The van der Waals surface area contributed by atoms with E-state index in [0.29, 0.717) is 12.5 Å². The number of Topliss-reactive ketones (excluding diaryl/α,β-unsaturated/α-hetero) is 1. The second-order valence-electron chi connectivity index (χ2n) is 4.70. The highest BCUT2D eigenvalue weighted by atomic mass is 19.1. The Kier molecular flexibility index (Phi) is 4.68. The molecular formula is C17H16F2O2. The van der Waals surface area contributed by atoms with E-state index < -0.39 is 17.6 Å². The van der Waals surface area contributed by atoms with Gasteiger partial charge in [0.2, 0.25) is 0 Å². The zero-order valence-electron chi connectivity index (χ0n) is 11.9. The zero-order chi connectivity index (χ0) is 15.4. The molecule has 4 heteroatoms. The van der Waals surface area contributed by atoms with Gasteiger partial charge in [0.05, 0.1) is 12.7 Å². The number of ketones is 1. The van der Waals surface area contributed by atoms with Crippen LogP contribution in [0.15, 0.2) is 42.5 Å². The minimum absolute atomic E-state index is 0.0642. The van der Waals surface area contributed by atoms with E-state index in [4.69, 9.17) is 4.74 Å². The highest BCUT2D eigenvalue weighted by molar-refractivity contribution is 6.03. The maximum atomic E-state index is 13.7. The summed E-state index contributed by atoms with van der Waals surface area (Å²) < 4.78 is 32.1. The Labute approximate surface area is 122 Å². The fraction of sp³-hybridized carbons (Fsp3) is 0.235. The molecule has 2 aromatic carbocycles. The molecule has 0 amide bonds. The first-order valence-electron chi connectivity index (χ1n) is 6.70. The van der Waals surface area contributed by atoms with E-state index in [1.54, 1.807) is 0 Å². The Balaban J connectivity index is 2.48. The van der Waals surface area contributed by atoms with Crippen LogP contribution in [-0.2, 0) is 0 Å². The monoisotopic (exact) mass is 290 g/mol. The average Bonchev–Trinajstić information content (AvgIpc) is 2.48. The third-order valence-electron chi connectivity index (χ3n) is 3.40. The summed E-state index contributed by atoms with van der Waals surface area (Å²) in [5.74, 6) is -2.68. The topological polar surface area (TPSA) is 26.3 Å². The van der Waals surface area contributed by atoms with Gasteiger partial charge in [0.1, 0.15) is 5.82 Å². The molecule has 1 atom stereocenters. The summed E-state index contributed by atoms with van der Waals surface area (Å²) in [6.45, 7) is 1.86. The SMILES string of the molecule is CCC(C(=O)c1cc(F)cc(F)c1OC)c1ccccc1. The molecule has 0 spiro atoms. The van der Waals surface area contributed by atoms with Crippen molar-refractivity contribution in [3.05, 3.63) is 65.2 Å². The number of hydrogen-bond donors (Lipinski definition) is 0. The summed E-state index contributed by atoms with van der Waals surface area (Å²) in [4.78, 5) is 12.6. The standard InChI is InChI=1S/C17H16F2O2/c1-3-13(11-7-5-4-6-8-11)16(20)14-9-12(18)10-15(19)17(14)21-2/h4-10,13H,3H2,1-2H3. The van der Waals surface area contributed by atoms with E-state index in [9.17, 15) is 13.6 Å². The van der Waals surface area contributed by atoms with Crippen molar-refractivity contribution in [2.24, 2.45) is 0 Å². The van der Waals surface area contributed by atoms with Crippen LogP contribution < -0.4 is 4.74 Å². The van der Waals surface area contributed by atoms with Crippen LogP contribution in [0.25, 0.3) is 0 Å². The Hall–Kier alpha value is -2.23. The first kappa shape index (κ1) is 15.2. The number of carbonyl (C=O) groups excluding carboxylic acids is 1. The largest absolute Gasteiger partial charge is 0.493 e. The van der Waals surface area contributed by atoms with E-state index >= 15 is 0 Å². The maximum absolute atomic E-state index is 13.7. The lowest BCUT2D eigenvalue weighted by molar-refractivity contribution is 0.0953. The number of methoxy groups -OCH3 is 1. The van der Waals surface area contributed by atoms with Crippen molar-refractivity contribution >= 4 is 5.78 Å². The van der Waals surface area contributed by atoms with Crippen molar-refractivity contribution in [2.45, 2.75) is 19.3 Å². The van der Waals surface area contributed by atoms with E-state index in [1.807, 2.05) is 37.3 Å². The van der Waals surface area contributed by atoms with Gasteiger partial charge in [-0.15, -0.1) is 0 Å². The molecule has 0 aliphatic heterocycles. The van der Waals surface area contributed by atoms with Gasteiger partial charge in [0.15, 0.2) is 17.3 Å². The quantitative estimate of drug-likeness (QED) is 0.765. The number of hydrogen-bond acceptors (Lipinski definition) is 2. The van der Waals surface area contributed by atoms with Crippen LogP contribution in [-0.4, -0.2) is 12.9 Å². The van der Waals surface area contributed by atoms with Gasteiger partial charge in [-0.3, -0.25) is 4.79 Å². The maximum Gasteiger partial charge on any atom is 0.174 e. The van der Waals surface area contributed by atoms with Gasteiger partial charge in [-0.1, -0.05) is 37.3 Å². The predicted octanol–water partition coefficient (Wildman–Crippen LogP) is 4.35.